The molecule has 0 aromatic heterocycles. The Kier molecular flexibility index (Phi) is 3.79. The van der Waals surface area contributed by atoms with Gasteiger partial charge in [0.05, 0.1) is 6.04 Å². The Bertz CT molecular complexity index is 726. The Labute approximate surface area is 127 Å². The number of rotatable bonds is 4. The van der Waals surface area contributed by atoms with E-state index in [1.165, 1.54) is 0 Å². The van der Waals surface area contributed by atoms with Crippen LogP contribution in [0.5, 0.6) is 0 Å². The number of carboxylic acid groups (broad SMARTS) is 1. The first-order valence-corrected chi connectivity index (χ1v) is 7.07. The number of hydrazine groups is 1. The fraction of sp³-hybridized carbons (Fsp3) is 0.250. The molecule has 1 fully saturated rings. The van der Waals surface area contributed by atoms with Crippen molar-refractivity contribution in [3.05, 3.63) is 48.0 Å². The average molecular weight is 299 g/mol. The van der Waals surface area contributed by atoms with Crippen LogP contribution in [-0.4, -0.2) is 34.1 Å². The number of fused-ring (bicyclic) bond motifs is 1. The number of nitrogens with one attached hydrogen (secondary N) is 1. The fourth-order valence-corrected chi connectivity index (χ4v) is 2.84. The van der Waals surface area contributed by atoms with Crippen molar-refractivity contribution in [2.45, 2.75) is 25.0 Å². The maximum absolute atomic E-state index is 11.6. The lowest BCUT2D eigenvalue weighted by Gasteiger charge is -2.26. The summed E-state index contributed by atoms with van der Waals surface area (Å²) in [5.41, 5.74) is 9.43. The van der Waals surface area contributed by atoms with Crippen molar-refractivity contribution in [1.29, 1.82) is 0 Å². The molecule has 0 bridgehead atoms. The smallest absolute Gasteiger partial charge is 0.322 e. The van der Waals surface area contributed by atoms with Crippen molar-refractivity contribution < 1.29 is 14.7 Å². The predicted molar refractivity (Wildman–Crippen MR) is 81.6 cm³/mol. The van der Waals surface area contributed by atoms with Gasteiger partial charge >= 0.3 is 5.97 Å². The third-order valence-corrected chi connectivity index (χ3v) is 3.98. The van der Waals surface area contributed by atoms with Gasteiger partial charge in [0, 0.05) is 13.0 Å². The van der Waals surface area contributed by atoms with Crippen molar-refractivity contribution in [3.8, 4) is 0 Å². The van der Waals surface area contributed by atoms with Gasteiger partial charge in [0.15, 0.2) is 0 Å². The maximum Gasteiger partial charge on any atom is 0.322 e. The van der Waals surface area contributed by atoms with Crippen LogP contribution in [0.4, 0.5) is 0 Å². The molecule has 1 amide bonds. The lowest BCUT2D eigenvalue weighted by atomic mass is 10.0. The third kappa shape index (κ3) is 2.66. The Morgan fingerprint density at radius 3 is 2.82 bits per heavy atom. The molecule has 2 atom stereocenters. The zero-order valence-corrected chi connectivity index (χ0v) is 11.9. The van der Waals surface area contributed by atoms with Crippen molar-refractivity contribution in [3.63, 3.8) is 0 Å². The number of carbonyl (C=O) groups is 2. The van der Waals surface area contributed by atoms with E-state index in [0.29, 0.717) is 6.54 Å². The summed E-state index contributed by atoms with van der Waals surface area (Å²) in [6, 6.07) is 12.2. The molecule has 1 aliphatic heterocycles. The zero-order valence-electron chi connectivity index (χ0n) is 11.9. The number of nitrogens with two attached hydrogens (primary N) is 1. The molecule has 6 nitrogen and oxygen atoms in total. The minimum absolute atomic E-state index is 0.0955. The summed E-state index contributed by atoms with van der Waals surface area (Å²) < 4.78 is 0. The molecule has 4 N–H and O–H groups in total. The Hall–Kier alpha value is -2.44. The van der Waals surface area contributed by atoms with Crippen LogP contribution in [0, 0.1) is 0 Å². The van der Waals surface area contributed by atoms with Gasteiger partial charge in [0.25, 0.3) is 0 Å². The number of hydrogen-bond acceptors (Lipinski definition) is 4. The number of carboxylic acids is 1. The van der Waals surface area contributed by atoms with Crippen LogP contribution in [0.1, 0.15) is 12.0 Å². The first-order valence-electron chi connectivity index (χ1n) is 7.07. The lowest BCUT2D eigenvalue weighted by molar-refractivity contribution is -0.140. The highest BCUT2D eigenvalue weighted by Crippen LogP contribution is 2.23. The van der Waals surface area contributed by atoms with E-state index in [4.69, 9.17) is 10.8 Å². The Morgan fingerprint density at radius 1 is 1.32 bits per heavy atom. The van der Waals surface area contributed by atoms with Crippen molar-refractivity contribution in [2.75, 3.05) is 0 Å². The van der Waals surface area contributed by atoms with Gasteiger partial charge in [-0.1, -0.05) is 42.5 Å². The molecular formula is C16H17N3O3. The van der Waals surface area contributed by atoms with Gasteiger partial charge in [-0.2, -0.15) is 0 Å². The van der Waals surface area contributed by atoms with Gasteiger partial charge in [0.2, 0.25) is 5.91 Å². The molecule has 22 heavy (non-hydrogen) atoms. The summed E-state index contributed by atoms with van der Waals surface area (Å²) in [7, 11) is 0. The van der Waals surface area contributed by atoms with E-state index in [0.717, 1.165) is 16.3 Å². The Balaban J connectivity index is 1.90. The van der Waals surface area contributed by atoms with Crippen molar-refractivity contribution in [1.82, 2.24) is 10.4 Å². The molecule has 1 aliphatic rings. The maximum atomic E-state index is 11.6. The predicted octanol–water partition coefficient (Wildman–Crippen LogP) is 0.857. The van der Waals surface area contributed by atoms with Crippen molar-refractivity contribution >= 4 is 22.6 Å². The SMILES string of the molecule is N[C@H](C(=O)O)[C@H]1CC(=O)NN1Cc1cccc2ccccc12. The molecular weight excluding hydrogens is 282 g/mol. The van der Waals surface area contributed by atoms with Gasteiger partial charge in [-0.3, -0.25) is 15.0 Å². The normalized spacial score (nSPS) is 20.0. The highest BCUT2D eigenvalue weighted by molar-refractivity contribution is 5.86. The van der Waals surface area contributed by atoms with Crippen LogP contribution in [0.2, 0.25) is 0 Å². The topological polar surface area (TPSA) is 95.7 Å². The summed E-state index contributed by atoms with van der Waals surface area (Å²) in [5, 5.41) is 12.9. The van der Waals surface area contributed by atoms with Crippen LogP contribution >= 0.6 is 0 Å². The molecule has 1 saturated heterocycles. The van der Waals surface area contributed by atoms with Gasteiger partial charge < -0.3 is 10.8 Å². The summed E-state index contributed by atoms with van der Waals surface area (Å²) in [5.74, 6) is -1.31. The van der Waals surface area contributed by atoms with Gasteiger partial charge in [-0.25, -0.2) is 5.01 Å². The minimum atomic E-state index is -1.11. The monoisotopic (exact) mass is 299 g/mol. The summed E-state index contributed by atoms with van der Waals surface area (Å²) in [4.78, 5) is 22.8. The molecule has 6 heteroatoms. The van der Waals surface area contributed by atoms with Gasteiger partial charge in [-0.05, 0) is 16.3 Å². The van der Waals surface area contributed by atoms with E-state index < -0.39 is 18.1 Å². The first-order chi connectivity index (χ1) is 10.6. The molecule has 0 spiro atoms. The molecule has 3 rings (SSSR count). The third-order valence-electron chi connectivity index (χ3n) is 3.98. The average Bonchev–Trinajstić information content (AvgIpc) is 2.87. The highest BCUT2D eigenvalue weighted by Gasteiger charge is 2.37. The van der Waals surface area contributed by atoms with E-state index in [-0.39, 0.29) is 12.3 Å². The molecule has 0 aliphatic carbocycles. The van der Waals surface area contributed by atoms with Crippen LogP contribution in [0.3, 0.4) is 0 Å². The molecule has 0 saturated carbocycles. The molecule has 114 valence electrons. The molecule has 2 aromatic rings. The number of carbonyl (C=O) groups excluding carboxylic acids is 1. The van der Waals surface area contributed by atoms with E-state index in [1.54, 1.807) is 5.01 Å². The van der Waals surface area contributed by atoms with Gasteiger partial charge in [0.1, 0.15) is 6.04 Å². The van der Waals surface area contributed by atoms with Crippen LogP contribution in [-0.2, 0) is 16.1 Å². The largest absolute Gasteiger partial charge is 0.480 e. The number of amides is 1. The number of nitrogens with zero attached hydrogens (tertiary/aromatic N) is 1. The molecule has 2 aromatic carbocycles. The Morgan fingerprint density at radius 2 is 2.05 bits per heavy atom. The number of benzene rings is 2. The van der Waals surface area contributed by atoms with Gasteiger partial charge in [-0.15, -0.1) is 0 Å². The zero-order chi connectivity index (χ0) is 15.7. The van der Waals surface area contributed by atoms with E-state index >= 15 is 0 Å². The quantitative estimate of drug-likeness (QED) is 0.778. The second-order valence-electron chi connectivity index (χ2n) is 5.44. The number of hydrogen-bond donors (Lipinski definition) is 3. The molecule has 0 unspecified atom stereocenters. The van der Waals surface area contributed by atoms with E-state index in [9.17, 15) is 9.59 Å². The summed E-state index contributed by atoms with van der Waals surface area (Å²) in [6.45, 7) is 0.415. The van der Waals surface area contributed by atoms with Crippen LogP contribution < -0.4 is 11.2 Å². The van der Waals surface area contributed by atoms with E-state index in [1.807, 2.05) is 42.5 Å². The second-order valence-corrected chi connectivity index (χ2v) is 5.44. The van der Waals surface area contributed by atoms with Crippen molar-refractivity contribution in [2.24, 2.45) is 5.73 Å². The minimum Gasteiger partial charge on any atom is -0.480 e. The standard InChI is InChI=1S/C16H17N3O3/c17-15(16(21)22)13-8-14(20)18-19(13)9-11-6-3-5-10-4-1-2-7-12(10)11/h1-7,13,15H,8-9,17H2,(H,18,20)(H,21,22)/t13-,15+/m1/s1. The molecule has 0 radical (unpaired) electrons. The lowest BCUT2D eigenvalue weighted by Crippen LogP contribution is -2.50. The first kappa shape index (κ1) is 14.5. The summed E-state index contributed by atoms with van der Waals surface area (Å²) in [6.07, 6.45) is 0.0955. The highest BCUT2D eigenvalue weighted by atomic mass is 16.4. The van der Waals surface area contributed by atoms with Crippen LogP contribution in [0.25, 0.3) is 10.8 Å². The number of aliphatic carboxylic acids is 1. The summed E-state index contributed by atoms with van der Waals surface area (Å²) >= 11 is 0. The van der Waals surface area contributed by atoms with Crippen LogP contribution in [0.15, 0.2) is 42.5 Å². The fourth-order valence-electron chi connectivity index (χ4n) is 2.84. The second kappa shape index (κ2) is 5.75. The van der Waals surface area contributed by atoms with E-state index in [2.05, 4.69) is 5.43 Å². The molecule has 1 heterocycles.